The Morgan fingerprint density at radius 1 is 1.39 bits per heavy atom. The largest absolute Gasteiger partial charge is 0.355 e. The van der Waals surface area contributed by atoms with E-state index in [2.05, 4.69) is 15.2 Å². The van der Waals surface area contributed by atoms with E-state index >= 15 is 0 Å². The molecular formula is C16H22F2N4O. The van der Waals surface area contributed by atoms with Crippen LogP contribution in [0.25, 0.3) is 0 Å². The molecule has 1 atom stereocenters. The summed E-state index contributed by atoms with van der Waals surface area (Å²) in [6, 6.07) is 3.80. The molecule has 1 aromatic heterocycles. The van der Waals surface area contributed by atoms with Crippen LogP contribution in [0.5, 0.6) is 0 Å². The molecule has 126 valence electrons. The van der Waals surface area contributed by atoms with Crippen molar-refractivity contribution in [1.29, 1.82) is 0 Å². The number of aromatic nitrogens is 1. The van der Waals surface area contributed by atoms with Crippen molar-refractivity contribution in [3.63, 3.8) is 0 Å². The number of hydrogen-bond donors (Lipinski definition) is 1. The standard InChI is InChI=1S/C16H22F2N4O/c1-12(23)20-7-14-6-16(17,18)11-22(14)15-9-21(10-15)8-13-2-4-19-5-3-13/h2-5,14-15H,6-11H2,1H3,(H,20,23)/t14-/m0/s1. The van der Waals surface area contributed by atoms with Gasteiger partial charge in [-0.2, -0.15) is 0 Å². The number of halogens is 2. The third-order valence-corrected chi connectivity index (χ3v) is 4.57. The highest BCUT2D eigenvalue weighted by Gasteiger charge is 2.49. The summed E-state index contributed by atoms with van der Waals surface area (Å²) >= 11 is 0. The van der Waals surface area contributed by atoms with Crippen molar-refractivity contribution in [3.05, 3.63) is 30.1 Å². The highest BCUT2D eigenvalue weighted by Crippen LogP contribution is 2.35. The molecule has 0 spiro atoms. The van der Waals surface area contributed by atoms with Gasteiger partial charge in [-0.25, -0.2) is 8.78 Å². The van der Waals surface area contributed by atoms with Crippen LogP contribution in [0, 0.1) is 0 Å². The summed E-state index contributed by atoms with van der Waals surface area (Å²) in [7, 11) is 0. The SMILES string of the molecule is CC(=O)NC[C@@H]1CC(F)(F)CN1C1CN(Cc2ccncc2)C1. The zero-order valence-electron chi connectivity index (χ0n) is 13.2. The van der Waals surface area contributed by atoms with Crippen molar-refractivity contribution in [2.45, 2.75) is 37.9 Å². The summed E-state index contributed by atoms with van der Waals surface area (Å²) in [5.41, 5.74) is 1.18. The molecule has 5 nitrogen and oxygen atoms in total. The minimum absolute atomic E-state index is 0.143. The lowest BCUT2D eigenvalue weighted by Gasteiger charge is -2.46. The molecule has 7 heteroatoms. The van der Waals surface area contributed by atoms with E-state index < -0.39 is 5.92 Å². The van der Waals surface area contributed by atoms with Crippen molar-refractivity contribution < 1.29 is 13.6 Å². The van der Waals surface area contributed by atoms with Crippen LogP contribution < -0.4 is 5.32 Å². The zero-order valence-corrected chi connectivity index (χ0v) is 13.2. The number of hydrogen-bond acceptors (Lipinski definition) is 4. The summed E-state index contributed by atoms with van der Waals surface area (Å²) in [4.78, 5) is 19.2. The van der Waals surface area contributed by atoms with Crippen molar-refractivity contribution in [1.82, 2.24) is 20.1 Å². The third-order valence-electron chi connectivity index (χ3n) is 4.57. The van der Waals surface area contributed by atoms with E-state index in [1.165, 1.54) is 12.5 Å². The van der Waals surface area contributed by atoms with Crippen molar-refractivity contribution in [3.8, 4) is 0 Å². The number of carbonyl (C=O) groups excluding carboxylic acids is 1. The summed E-state index contributed by atoms with van der Waals surface area (Å²) < 4.78 is 27.5. The van der Waals surface area contributed by atoms with Crippen molar-refractivity contribution in [2.75, 3.05) is 26.2 Å². The average Bonchev–Trinajstić information content (AvgIpc) is 2.76. The molecule has 0 aliphatic carbocycles. The normalized spacial score (nSPS) is 25.3. The fourth-order valence-electron chi connectivity index (χ4n) is 3.43. The lowest BCUT2D eigenvalue weighted by atomic mass is 10.0. The Hall–Kier alpha value is -1.60. The second kappa shape index (κ2) is 6.49. The smallest absolute Gasteiger partial charge is 0.262 e. The first kappa shape index (κ1) is 16.3. The molecule has 3 heterocycles. The fourth-order valence-corrected chi connectivity index (χ4v) is 3.43. The molecular weight excluding hydrogens is 302 g/mol. The van der Waals surface area contributed by atoms with Gasteiger partial charge in [0.25, 0.3) is 5.92 Å². The molecule has 2 aliphatic heterocycles. The lowest BCUT2D eigenvalue weighted by molar-refractivity contribution is -0.119. The molecule has 23 heavy (non-hydrogen) atoms. The van der Waals surface area contributed by atoms with Gasteiger partial charge in [0.2, 0.25) is 5.91 Å². The molecule has 0 radical (unpaired) electrons. The Bertz CT molecular complexity index is 548. The van der Waals surface area contributed by atoms with Crippen LogP contribution in [0.1, 0.15) is 18.9 Å². The second-order valence-electron chi connectivity index (χ2n) is 6.53. The van der Waals surface area contributed by atoms with Gasteiger partial charge < -0.3 is 5.32 Å². The number of carbonyl (C=O) groups is 1. The summed E-state index contributed by atoms with van der Waals surface area (Å²) in [6.07, 6.45) is 3.35. The summed E-state index contributed by atoms with van der Waals surface area (Å²) in [5.74, 6) is -2.83. The number of pyridine rings is 1. The second-order valence-corrected chi connectivity index (χ2v) is 6.53. The fraction of sp³-hybridized carbons (Fsp3) is 0.625. The van der Waals surface area contributed by atoms with E-state index in [0.29, 0.717) is 6.54 Å². The molecule has 0 aromatic carbocycles. The summed E-state index contributed by atoms with van der Waals surface area (Å²) in [5, 5.41) is 2.67. The molecule has 1 amide bonds. The van der Waals surface area contributed by atoms with Crippen LogP contribution in [-0.2, 0) is 11.3 Å². The van der Waals surface area contributed by atoms with Gasteiger partial charge in [0.15, 0.2) is 0 Å². The van der Waals surface area contributed by atoms with E-state index in [4.69, 9.17) is 0 Å². The first-order valence-corrected chi connectivity index (χ1v) is 7.92. The first-order valence-electron chi connectivity index (χ1n) is 7.92. The van der Waals surface area contributed by atoms with Crippen LogP contribution in [0.15, 0.2) is 24.5 Å². The van der Waals surface area contributed by atoms with Gasteiger partial charge >= 0.3 is 0 Å². The van der Waals surface area contributed by atoms with Crippen LogP contribution in [-0.4, -0.2) is 64.9 Å². The van der Waals surface area contributed by atoms with Gasteiger partial charge in [0.05, 0.1) is 6.54 Å². The van der Waals surface area contributed by atoms with Crippen molar-refractivity contribution in [2.24, 2.45) is 0 Å². The van der Waals surface area contributed by atoms with E-state index in [-0.39, 0.29) is 31.0 Å². The topological polar surface area (TPSA) is 48.5 Å². The monoisotopic (exact) mass is 324 g/mol. The Morgan fingerprint density at radius 3 is 2.74 bits per heavy atom. The number of nitrogens with one attached hydrogen (secondary N) is 1. The predicted molar refractivity (Wildman–Crippen MR) is 82.0 cm³/mol. The maximum Gasteiger partial charge on any atom is 0.262 e. The molecule has 0 unspecified atom stereocenters. The molecule has 1 aromatic rings. The molecule has 0 bridgehead atoms. The van der Waals surface area contributed by atoms with Crippen molar-refractivity contribution >= 4 is 5.91 Å². The first-order chi connectivity index (χ1) is 10.9. The molecule has 1 N–H and O–H groups in total. The highest BCUT2D eigenvalue weighted by atomic mass is 19.3. The number of likely N-dealkylation sites (tertiary alicyclic amines) is 2. The lowest BCUT2D eigenvalue weighted by Crippen LogP contribution is -2.61. The third kappa shape index (κ3) is 4.03. The van der Waals surface area contributed by atoms with Gasteiger partial charge in [-0.05, 0) is 17.7 Å². The van der Waals surface area contributed by atoms with E-state index in [1.54, 1.807) is 12.4 Å². The van der Waals surface area contributed by atoms with Gasteiger partial charge in [-0.15, -0.1) is 0 Å². The van der Waals surface area contributed by atoms with E-state index in [1.807, 2.05) is 17.0 Å². The predicted octanol–water partition coefficient (Wildman–Crippen LogP) is 1.11. The van der Waals surface area contributed by atoms with Gasteiger partial charge in [-0.1, -0.05) is 0 Å². The Kier molecular flexibility index (Phi) is 4.59. The van der Waals surface area contributed by atoms with Crippen LogP contribution in [0.4, 0.5) is 8.78 Å². The molecule has 2 fully saturated rings. The number of nitrogens with zero attached hydrogens (tertiary/aromatic N) is 3. The minimum atomic E-state index is -2.66. The maximum atomic E-state index is 13.8. The van der Waals surface area contributed by atoms with Gasteiger partial charge in [0.1, 0.15) is 0 Å². The summed E-state index contributed by atoms with van der Waals surface area (Å²) in [6.45, 7) is 3.90. The van der Waals surface area contributed by atoms with Gasteiger partial charge in [-0.3, -0.25) is 19.6 Å². The molecule has 0 saturated carbocycles. The quantitative estimate of drug-likeness (QED) is 0.882. The zero-order chi connectivity index (χ0) is 16.4. The highest BCUT2D eigenvalue weighted by molar-refractivity contribution is 5.72. The number of alkyl halides is 2. The molecule has 2 saturated heterocycles. The molecule has 3 rings (SSSR count). The number of amides is 1. The maximum absolute atomic E-state index is 13.8. The van der Waals surface area contributed by atoms with E-state index in [0.717, 1.165) is 19.6 Å². The van der Waals surface area contributed by atoms with Gasteiger partial charge in [0, 0.05) is 64.0 Å². The van der Waals surface area contributed by atoms with Crippen LogP contribution in [0.2, 0.25) is 0 Å². The Morgan fingerprint density at radius 2 is 2.09 bits per heavy atom. The van der Waals surface area contributed by atoms with Crippen LogP contribution in [0.3, 0.4) is 0 Å². The Labute approximate surface area is 134 Å². The Balaban J connectivity index is 1.53. The average molecular weight is 324 g/mol. The number of rotatable bonds is 5. The van der Waals surface area contributed by atoms with Crippen LogP contribution >= 0.6 is 0 Å². The van der Waals surface area contributed by atoms with E-state index in [9.17, 15) is 13.6 Å². The molecule has 2 aliphatic rings. The minimum Gasteiger partial charge on any atom is -0.355 e.